The fraction of sp³-hybridized carbons (Fsp3) is 0.386. The summed E-state index contributed by atoms with van der Waals surface area (Å²) in [6, 6.07) is 44.2. The van der Waals surface area contributed by atoms with E-state index in [0.29, 0.717) is 135 Å². The van der Waals surface area contributed by atoms with Gasteiger partial charge in [-0.15, -0.1) is 47.0 Å². The number of nitrogens with zero attached hydrogens (tertiary/aromatic N) is 3. The van der Waals surface area contributed by atoms with Gasteiger partial charge in [0.1, 0.15) is 26.2 Å². The van der Waals surface area contributed by atoms with E-state index in [2.05, 4.69) is 24.8 Å². The first-order valence-corrected chi connectivity index (χ1v) is 45.5. The van der Waals surface area contributed by atoms with Crippen LogP contribution in [0.3, 0.4) is 0 Å². The number of aromatic amines is 2. The van der Waals surface area contributed by atoms with Gasteiger partial charge in [0.05, 0.1) is 85.3 Å². The van der Waals surface area contributed by atoms with Crippen molar-refractivity contribution < 1.29 is 125 Å². The average molecular weight is 1910 g/mol. The maximum atomic E-state index is 13.4. The maximum Gasteiger partial charge on any atom is 0.387 e. The minimum absolute atomic E-state index is 0. The standard InChI is InChI=1S/C30H28Cl2F2N2O5S.C18H17Cl2F2NO3.C14H17NO3S.C12H13NO3S.C7H13NO2S.C7H6O2.2H2O/c31-22-15-35-16-23(32)21(22)13-25(20-8-9-24(41-30(33)34)26(12-20)39-17-18-6-7-18)40-28(37)14-27-36(10-11-42-27)29(38)19-4-2-1-3-5-19;19-13-7-23-8-14(20)12(13)6-15(24)11-3-4-16(26-18(21)22)17(5-11)25-9-10-1-2-10;1-2-18-13(16)10-12-15(8-9-19-12)14(17)11-6-4-3-5-7-11;14-11(15)8-10-13(6-7-17-10)12(16)9-4-2-1-3-5-9;1-2-10-7(9)5-6-8-3-4-11-6;8-7(9)6-4-2-1-3-5-6;;/h1-5,8-9,12,15-16,18,25,27,30H,6-7,10-11,13-14,17H2;3-5,7-8,10,15,18,24H,1-2,6,9H2;3-7,12H,2,8-10H2,1H3;1-5,10H,6-8H2,(H,14,15);6,8H,2-5H2,1H3;1-5H,(H,8,9);2*1H2/t25-,27?;15-;;;;;;/m00....../s1. The molecule has 14 rings (SSSR count). The first kappa shape index (κ1) is 104. The fourth-order valence-corrected chi connectivity index (χ4v) is 18.3. The number of carboxylic acid groups (broad SMARTS) is 2. The third-order valence-electron chi connectivity index (χ3n) is 19.1. The lowest BCUT2D eigenvalue weighted by atomic mass is 10.0. The largest absolute Gasteiger partial charge is 0.870 e. The van der Waals surface area contributed by atoms with E-state index in [1.165, 1.54) is 47.8 Å². The number of ether oxygens (including phenoxy) is 7. The number of halogens is 8. The second kappa shape index (κ2) is 54.1. The molecule has 0 radical (unpaired) electrons. The van der Waals surface area contributed by atoms with Crippen LogP contribution >= 0.6 is 93.5 Å². The zero-order valence-electron chi connectivity index (χ0n) is 68.5. The molecular weight excluding hydrogens is 1810 g/mol. The van der Waals surface area contributed by atoms with Crippen molar-refractivity contribution in [2.24, 2.45) is 11.8 Å². The van der Waals surface area contributed by atoms with Crippen molar-refractivity contribution in [1.82, 2.24) is 20.0 Å². The molecule has 8 N–H and O–H groups in total. The van der Waals surface area contributed by atoms with Gasteiger partial charge in [-0.25, -0.2) is 14.8 Å². The summed E-state index contributed by atoms with van der Waals surface area (Å²) in [6.45, 7) is 2.11. The number of aromatic carboxylic acids is 1. The van der Waals surface area contributed by atoms with Gasteiger partial charge < -0.3 is 79.4 Å². The van der Waals surface area contributed by atoms with E-state index in [-0.39, 0.29) is 112 Å². The van der Waals surface area contributed by atoms with Crippen molar-refractivity contribution in [3.63, 3.8) is 0 Å². The van der Waals surface area contributed by atoms with Gasteiger partial charge in [0.15, 0.2) is 47.8 Å². The van der Waals surface area contributed by atoms with Gasteiger partial charge in [0.2, 0.25) is 0 Å². The molecule has 2 saturated carbocycles. The fourth-order valence-electron chi connectivity index (χ4n) is 12.6. The van der Waals surface area contributed by atoms with Crippen LogP contribution in [0, 0.1) is 11.8 Å². The minimum atomic E-state index is -3.03. The third-order valence-corrected chi connectivity index (χ3v) is 25.3. The van der Waals surface area contributed by atoms with Gasteiger partial charge >= 0.3 is 43.1 Å². The van der Waals surface area contributed by atoms with Crippen LogP contribution in [0.2, 0.25) is 20.1 Å². The molecule has 6 heterocycles. The Morgan fingerprint density at radius 3 is 1.21 bits per heavy atom. The van der Waals surface area contributed by atoms with Crippen LogP contribution in [0.1, 0.15) is 141 Å². The van der Waals surface area contributed by atoms with Crippen LogP contribution in [0.25, 0.3) is 0 Å². The number of alkyl halides is 4. The van der Waals surface area contributed by atoms with Crippen LogP contribution < -0.4 is 34.2 Å². The van der Waals surface area contributed by atoms with E-state index in [4.69, 9.17) is 80.3 Å². The number of esters is 3. The molecule has 126 heavy (non-hydrogen) atoms. The van der Waals surface area contributed by atoms with Gasteiger partial charge in [-0.2, -0.15) is 17.6 Å². The number of amides is 3. The SMILES string of the molecule is CCOC(=O)CC1NCCS1.CCOC(=O)CC1SCCN1C(=O)c1ccccc1.O=C(CC1SCCN1C(=O)c1ccccc1)O[C@@H](Cc1c(Cl)c[nH+]cc1Cl)c1ccc(OC(F)F)c(OCC2CC2)c1.O=C(O)CC1SCCN1C(=O)c1ccccc1.O=C(O)c1ccccc1.O[C@@H](Cc1c(Cl)c[nH+]cc1Cl)c1ccc(OC(F)F)c(OCC2CC2)c1.[OH-].[OH-]. The van der Waals surface area contributed by atoms with Crippen LogP contribution in [0.5, 0.6) is 23.0 Å². The highest BCUT2D eigenvalue weighted by molar-refractivity contribution is 8.00. The number of H-pyrrole nitrogens is 2. The summed E-state index contributed by atoms with van der Waals surface area (Å²) < 4.78 is 87.8. The number of aliphatic carboxylic acids is 1. The van der Waals surface area contributed by atoms with E-state index in [1.807, 2.05) is 49.4 Å². The molecule has 4 aliphatic heterocycles. The molecule has 680 valence electrons. The van der Waals surface area contributed by atoms with Gasteiger partial charge in [0, 0.05) is 89.8 Å². The lowest BCUT2D eigenvalue weighted by Crippen LogP contribution is -2.36. The Hall–Kier alpha value is -9.30. The van der Waals surface area contributed by atoms with E-state index in [1.54, 1.807) is 161 Å². The average Bonchev–Trinajstić information content (AvgIpc) is 1.60. The molecule has 38 heteroatoms. The van der Waals surface area contributed by atoms with Crippen LogP contribution in [-0.4, -0.2) is 199 Å². The predicted molar refractivity (Wildman–Crippen MR) is 472 cm³/mol. The highest BCUT2D eigenvalue weighted by Crippen LogP contribution is 2.41. The van der Waals surface area contributed by atoms with Crippen molar-refractivity contribution in [2.75, 3.05) is 75.6 Å². The first-order chi connectivity index (χ1) is 59.7. The molecule has 6 aliphatic rings. The van der Waals surface area contributed by atoms with Crippen molar-refractivity contribution in [1.29, 1.82) is 0 Å². The maximum absolute atomic E-state index is 13.4. The van der Waals surface area contributed by atoms with Gasteiger partial charge in [-0.3, -0.25) is 33.6 Å². The molecule has 4 unspecified atom stereocenters. The number of hydrogen-bond acceptors (Lipinski definition) is 23. The number of aromatic nitrogens is 2. The second-order valence-electron chi connectivity index (χ2n) is 28.2. The molecule has 6 aromatic carbocycles. The topological polar surface area (TPSA) is 372 Å². The number of carbonyl (C=O) groups is 8. The summed E-state index contributed by atoms with van der Waals surface area (Å²) in [7, 11) is 0. The van der Waals surface area contributed by atoms with Crippen LogP contribution in [-0.2, 0) is 46.2 Å². The third kappa shape index (κ3) is 34.4. The van der Waals surface area contributed by atoms with E-state index >= 15 is 0 Å². The number of aliphatic hydroxyl groups is 1. The number of carbonyl (C=O) groups excluding carboxylic acids is 6. The molecule has 0 spiro atoms. The van der Waals surface area contributed by atoms with Gasteiger partial charge in [-0.1, -0.05) is 131 Å². The lowest BCUT2D eigenvalue weighted by Gasteiger charge is -2.25. The number of thioether (sulfide) groups is 4. The number of hydrogen-bond donors (Lipinski definition) is 4. The van der Waals surface area contributed by atoms with E-state index in [0.717, 1.165) is 49.5 Å². The Morgan fingerprint density at radius 1 is 0.468 bits per heavy atom. The molecule has 26 nitrogen and oxygen atoms in total. The Morgan fingerprint density at radius 2 is 0.841 bits per heavy atom. The summed E-state index contributed by atoms with van der Waals surface area (Å²) >= 11 is 31.5. The summed E-state index contributed by atoms with van der Waals surface area (Å²) in [5.41, 5.74) is 4.28. The van der Waals surface area contributed by atoms with E-state index in [9.17, 15) is 61.0 Å². The lowest BCUT2D eigenvalue weighted by molar-refractivity contribution is -0.378. The van der Waals surface area contributed by atoms with E-state index < -0.39 is 48.7 Å². The first-order valence-electron chi connectivity index (χ1n) is 39.8. The molecule has 2 aliphatic carbocycles. The Bertz CT molecular complexity index is 4750. The highest BCUT2D eigenvalue weighted by atomic mass is 35.5. The summed E-state index contributed by atoms with van der Waals surface area (Å²) in [6.07, 6.45) is 9.60. The molecule has 8 aromatic rings. The number of rotatable bonds is 31. The summed E-state index contributed by atoms with van der Waals surface area (Å²) in [5.74, 6) is 1.56. The Kier molecular flexibility index (Phi) is 44.6. The van der Waals surface area contributed by atoms with Crippen molar-refractivity contribution in [3.8, 4) is 23.0 Å². The normalized spacial score (nSPS) is 16.9. The number of nitrogens with one attached hydrogen (secondary N) is 3. The zero-order chi connectivity index (χ0) is 89.0. The molecule has 6 atom stereocenters. The molecule has 6 fully saturated rings. The second-order valence-corrected chi connectivity index (χ2v) is 35.0. The number of aliphatic hydroxyl groups excluding tert-OH is 1. The number of carboxylic acids is 2. The number of pyridine rings is 2. The molecule has 3 amide bonds. The molecule has 0 bridgehead atoms. The zero-order valence-corrected chi connectivity index (χ0v) is 74.8. The summed E-state index contributed by atoms with van der Waals surface area (Å²) in [5, 5.41) is 32.0. The highest BCUT2D eigenvalue weighted by Gasteiger charge is 2.37. The Balaban J connectivity index is 0.000000223. The van der Waals surface area contributed by atoms with Gasteiger partial charge in [-0.05, 0) is 135 Å². The van der Waals surface area contributed by atoms with Crippen LogP contribution in [0.15, 0.2) is 183 Å². The molecular formula is C88H98Cl4F4N6O20S4. The molecule has 4 saturated heterocycles. The number of benzene rings is 6. The summed E-state index contributed by atoms with van der Waals surface area (Å²) in [4.78, 5) is 105. The smallest absolute Gasteiger partial charge is 0.387 e. The minimum Gasteiger partial charge on any atom is -0.870 e. The molecule has 2 aromatic heterocycles. The monoisotopic (exact) mass is 1900 g/mol. The quantitative estimate of drug-likeness (QED) is 0.0178. The van der Waals surface area contributed by atoms with Crippen molar-refractivity contribution in [2.45, 2.75) is 125 Å². The van der Waals surface area contributed by atoms with Crippen molar-refractivity contribution in [3.05, 3.63) is 247 Å². The van der Waals surface area contributed by atoms with Crippen molar-refractivity contribution >= 4 is 141 Å². The van der Waals surface area contributed by atoms with Gasteiger partial charge in [0.25, 0.3) is 17.7 Å². The predicted octanol–water partition coefficient (Wildman–Crippen LogP) is 16.6. The van der Waals surface area contributed by atoms with Crippen LogP contribution in [0.4, 0.5) is 17.6 Å². The Labute approximate surface area is 763 Å².